The normalized spacial score (nSPS) is 11.9. The molecule has 30 heavy (non-hydrogen) atoms. The van der Waals surface area contributed by atoms with E-state index in [1.165, 1.54) is 6.07 Å². The summed E-state index contributed by atoms with van der Waals surface area (Å²) in [6.07, 6.45) is -9.82. The van der Waals surface area contributed by atoms with Crippen molar-refractivity contribution in [2.24, 2.45) is 0 Å². The van der Waals surface area contributed by atoms with Crippen molar-refractivity contribution in [3.05, 3.63) is 95.1 Å². The summed E-state index contributed by atoms with van der Waals surface area (Å²) >= 11 is 0. The van der Waals surface area contributed by atoms with Crippen LogP contribution >= 0.6 is 0 Å². The molecule has 3 aromatic carbocycles. The Balaban J connectivity index is 1.78. The highest BCUT2D eigenvalue weighted by molar-refractivity contribution is 5.40. The van der Waals surface area contributed by atoms with Crippen molar-refractivity contribution in [2.75, 3.05) is 0 Å². The van der Waals surface area contributed by atoms with E-state index in [1.807, 2.05) is 30.3 Å². The molecule has 0 aliphatic carbocycles. The Bertz CT molecular complexity index is 949. The Morgan fingerprint density at radius 2 is 0.967 bits per heavy atom. The Kier molecular flexibility index (Phi) is 6.24. The van der Waals surface area contributed by atoms with Gasteiger partial charge >= 0.3 is 12.4 Å². The van der Waals surface area contributed by atoms with Gasteiger partial charge in [0.1, 0.15) is 13.2 Å². The van der Waals surface area contributed by atoms with Crippen molar-refractivity contribution in [2.45, 2.75) is 25.6 Å². The molecular formula is C22H16F6O2. The van der Waals surface area contributed by atoms with Crippen molar-refractivity contribution < 1.29 is 35.8 Å². The van der Waals surface area contributed by atoms with E-state index in [-0.39, 0.29) is 24.0 Å². The lowest BCUT2D eigenvalue weighted by molar-refractivity contribution is -0.143. The van der Waals surface area contributed by atoms with Crippen LogP contribution in [-0.4, -0.2) is 0 Å². The molecule has 0 amide bonds. The van der Waals surface area contributed by atoms with Crippen LogP contribution in [0.4, 0.5) is 26.3 Å². The molecule has 0 aliphatic heterocycles. The zero-order valence-corrected chi connectivity index (χ0v) is 15.4. The average Bonchev–Trinajstić information content (AvgIpc) is 2.70. The number of hydrogen-bond donors (Lipinski definition) is 0. The second-order valence-electron chi connectivity index (χ2n) is 6.42. The fraction of sp³-hybridized carbons (Fsp3) is 0.182. The van der Waals surface area contributed by atoms with Gasteiger partial charge in [0, 0.05) is 0 Å². The molecule has 0 saturated heterocycles. The first-order valence-corrected chi connectivity index (χ1v) is 8.80. The van der Waals surface area contributed by atoms with Crippen LogP contribution < -0.4 is 9.47 Å². The van der Waals surface area contributed by atoms with Crippen molar-refractivity contribution in [3.8, 4) is 11.5 Å². The van der Waals surface area contributed by atoms with Crippen LogP contribution in [0.25, 0.3) is 0 Å². The van der Waals surface area contributed by atoms with Gasteiger partial charge in [-0.05, 0) is 41.5 Å². The van der Waals surface area contributed by atoms with Gasteiger partial charge in [-0.25, -0.2) is 0 Å². The molecule has 0 aromatic heterocycles. The minimum absolute atomic E-state index is 0.0837. The van der Waals surface area contributed by atoms with Gasteiger partial charge in [0.05, 0.1) is 11.1 Å². The predicted octanol–water partition coefficient (Wildman–Crippen LogP) is 6.88. The monoisotopic (exact) mass is 426 g/mol. The molecule has 0 atom stereocenters. The fourth-order valence-electron chi connectivity index (χ4n) is 2.69. The van der Waals surface area contributed by atoms with Gasteiger partial charge in [0.25, 0.3) is 0 Å². The maximum absolute atomic E-state index is 13.0. The maximum Gasteiger partial charge on any atom is 0.416 e. The van der Waals surface area contributed by atoms with Gasteiger partial charge in [-0.1, -0.05) is 42.5 Å². The number of benzene rings is 3. The Morgan fingerprint density at radius 1 is 0.533 bits per heavy atom. The van der Waals surface area contributed by atoms with E-state index in [9.17, 15) is 26.3 Å². The first-order chi connectivity index (χ1) is 14.1. The zero-order valence-electron chi connectivity index (χ0n) is 15.4. The molecule has 0 bridgehead atoms. The van der Waals surface area contributed by atoms with Gasteiger partial charge in [0.15, 0.2) is 11.5 Å². The van der Waals surface area contributed by atoms with Gasteiger partial charge in [0.2, 0.25) is 0 Å². The van der Waals surface area contributed by atoms with E-state index < -0.39 is 30.1 Å². The predicted molar refractivity (Wildman–Crippen MR) is 98.0 cm³/mol. The van der Waals surface area contributed by atoms with Crippen molar-refractivity contribution in [1.82, 2.24) is 0 Å². The summed E-state index contributed by atoms with van der Waals surface area (Å²) in [5, 5.41) is 0. The smallest absolute Gasteiger partial charge is 0.416 e. The second-order valence-corrected chi connectivity index (χ2v) is 6.42. The lowest BCUT2D eigenvalue weighted by Crippen LogP contribution is -2.12. The Hall–Kier alpha value is -3.16. The van der Waals surface area contributed by atoms with Crippen LogP contribution in [-0.2, 0) is 25.6 Å². The number of para-hydroxylation sites is 2. The van der Waals surface area contributed by atoms with E-state index >= 15 is 0 Å². The lowest BCUT2D eigenvalue weighted by atomic mass is 10.1. The van der Waals surface area contributed by atoms with E-state index in [2.05, 4.69) is 0 Å². The molecule has 0 saturated carbocycles. The van der Waals surface area contributed by atoms with Crippen molar-refractivity contribution in [3.63, 3.8) is 0 Å². The third kappa shape index (κ3) is 5.68. The molecule has 2 nitrogen and oxygen atoms in total. The summed E-state index contributed by atoms with van der Waals surface area (Å²) in [5.74, 6) is 0.531. The van der Waals surface area contributed by atoms with Crippen LogP contribution in [0, 0.1) is 0 Å². The first-order valence-electron chi connectivity index (χ1n) is 8.80. The maximum atomic E-state index is 13.0. The van der Waals surface area contributed by atoms with Crippen molar-refractivity contribution in [1.29, 1.82) is 0 Å². The summed E-state index contributed by atoms with van der Waals surface area (Å²) in [7, 11) is 0. The van der Waals surface area contributed by atoms with E-state index in [4.69, 9.17) is 9.47 Å². The lowest BCUT2D eigenvalue weighted by Gasteiger charge is -2.16. The van der Waals surface area contributed by atoms with Crippen LogP contribution in [0.15, 0.2) is 72.8 Å². The standard InChI is InChI=1S/C22H16F6O2/c23-21(24,25)17-10-16(11-18(12-17)22(26,27)28)14-30-20-9-5-4-8-19(20)29-13-15-6-2-1-3-7-15/h1-12H,13-14H2. The number of halogens is 6. The molecule has 3 rings (SSSR count). The third-order valence-corrected chi connectivity index (χ3v) is 4.13. The SMILES string of the molecule is FC(F)(F)c1cc(COc2ccccc2OCc2ccccc2)cc(C(F)(F)F)c1. The molecule has 0 spiro atoms. The molecule has 0 heterocycles. The first kappa shape index (κ1) is 21.5. The van der Waals surface area contributed by atoms with Crippen LogP contribution in [0.5, 0.6) is 11.5 Å². The molecule has 0 aliphatic rings. The highest BCUT2D eigenvalue weighted by Gasteiger charge is 2.36. The minimum Gasteiger partial charge on any atom is -0.485 e. The Morgan fingerprint density at radius 3 is 1.43 bits per heavy atom. The van der Waals surface area contributed by atoms with Gasteiger partial charge < -0.3 is 9.47 Å². The minimum atomic E-state index is -4.91. The number of ether oxygens (including phenoxy) is 2. The van der Waals surface area contributed by atoms with Gasteiger partial charge in [-0.15, -0.1) is 0 Å². The quantitative estimate of drug-likeness (QED) is 0.400. The summed E-state index contributed by atoms with van der Waals surface area (Å²) in [5.41, 5.74) is -2.14. The van der Waals surface area contributed by atoms with E-state index in [0.29, 0.717) is 17.9 Å². The summed E-state index contributed by atoms with van der Waals surface area (Å²) < 4.78 is 89.2. The van der Waals surface area contributed by atoms with Gasteiger partial charge in [-0.3, -0.25) is 0 Å². The van der Waals surface area contributed by atoms with Crippen LogP contribution in [0.3, 0.4) is 0 Å². The molecule has 0 unspecified atom stereocenters. The summed E-state index contributed by atoms with van der Waals surface area (Å²) in [6.45, 7) is -0.262. The highest BCUT2D eigenvalue weighted by Crippen LogP contribution is 2.37. The topological polar surface area (TPSA) is 18.5 Å². The molecule has 158 valence electrons. The molecular weight excluding hydrogens is 410 g/mol. The second kappa shape index (κ2) is 8.69. The van der Waals surface area contributed by atoms with E-state index in [1.54, 1.807) is 18.2 Å². The van der Waals surface area contributed by atoms with Gasteiger partial charge in [-0.2, -0.15) is 26.3 Å². The largest absolute Gasteiger partial charge is 0.485 e. The average molecular weight is 426 g/mol. The summed E-state index contributed by atoms with van der Waals surface area (Å²) in [4.78, 5) is 0. The molecule has 0 N–H and O–H groups in total. The number of rotatable bonds is 6. The van der Waals surface area contributed by atoms with Crippen LogP contribution in [0.1, 0.15) is 22.3 Å². The molecule has 0 radical (unpaired) electrons. The fourth-order valence-corrected chi connectivity index (χ4v) is 2.69. The third-order valence-electron chi connectivity index (χ3n) is 4.13. The number of alkyl halides is 6. The number of hydrogen-bond acceptors (Lipinski definition) is 2. The van der Waals surface area contributed by atoms with Crippen molar-refractivity contribution >= 4 is 0 Å². The molecule has 8 heteroatoms. The molecule has 0 fully saturated rings. The highest BCUT2D eigenvalue weighted by atomic mass is 19.4. The van der Waals surface area contributed by atoms with E-state index in [0.717, 1.165) is 5.56 Å². The van der Waals surface area contributed by atoms with Crippen LogP contribution in [0.2, 0.25) is 0 Å². The molecule has 3 aromatic rings. The Labute approximate surface area is 168 Å². The summed E-state index contributed by atoms with van der Waals surface area (Å²) in [6, 6.07) is 17.0. The zero-order chi connectivity index (χ0) is 21.8.